The van der Waals surface area contributed by atoms with Crippen molar-refractivity contribution in [3.05, 3.63) is 41.4 Å². The normalized spacial score (nSPS) is 15.7. The molecule has 0 spiro atoms. The highest BCUT2D eigenvalue weighted by Gasteiger charge is 2.14. The predicted molar refractivity (Wildman–Crippen MR) is 99.3 cm³/mol. The maximum atomic E-state index is 12.1. The summed E-state index contributed by atoms with van der Waals surface area (Å²) < 4.78 is 0. The van der Waals surface area contributed by atoms with Crippen LogP contribution in [0, 0.1) is 5.92 Å². The fraction of sp³-hybridized carbons (Fsp3) is 0.421. The van der Waals surface area contributed by atoms with Gasteiger partial charge in [-0.1, -0.05) is 55.1 Å². The maximum Gasteiger partial charge on any atom is 0.230 e. The van der Waals surface area contributed by atoms with Crippen molar-refractivity contribution in [3.63, 3.8) is 0 Å². The van der Waals surface area contributed by atoms with Crippen LogP contribution in [0.2, 0.25) is 5.02 Å². The quantitative estimate of drug-likeness (QED) is 0.745. The van der Waals surface area contributed by atoms with E-state index in [0.29, 0.717) is 11.7 Å². The van der Waals surface area contributed by atoms with Crippen LogP contribution in [-0.4, -0.2) is 18.2 Å². The highest BCUT2D eigenvalue weighted by molar-refractivity contribution is 8.00. The van der Waals surface area contributed by atoms with Gasteiger partial charge in [0.2, 0.25) is 5.91 Å². The van der Waals surface area contributed by atoms with Crippen molar-refractivity contribution in [2.45, 2.75) is 37.0 Å². The lowest BCUT2D eigenvalue weighted by atomic mass is 9.89. The van der Waals surface area contributed by atoms with Crippen LogP contribution < -0.4 is 5.32 Å². The van der Waals surface area contributed by atoms with Gasteiger partial charge < -0.3 is 5.32 Å². The Morgan fingerprint density at radius 3 is 2.65 bits per heavy atom. The molecule has 23 heavy (non-hydrogen) atoms. The minimum atomic E-state index is 0.115. The molecular weight excluding hydrogens is 326 g/mol. The molecule has 1 amide bonds. The van der Waals surface area contributed by atoms with Crippen LogP contribution in [0.25, 0.3) is 10.8 Å². The number of hydrogen-bond acceptors (Lipinski definition) is 2. The van der Waals surface area contributed by atoms with Gasteiger partial charge in [0, 0.05) is 21.8 Å². The van der Waals surface area contributed by atoms with Crippen molar-refractivity contribution in [3.8, 4) is 0 Å². The number of carbonyl (C=O) groups is 1. The average Bonchev–Trinajstić information content (AvgIpc) is 2.59. The maximum absolute atomic E-state index is 12.1. The van der Waals surface area contributed by atoms with Gasteiger partial charge >= 0.3 is 0 Å². The molecule has 2 aromatic rings. The summed E-state index contributed by atoms with van der Waals surface area (Å²) >= 11 is 7.89. The Bertz CT molecular complexity index is 677. The van der Waals surface area contributed by atoms with E-state index in [4.69, 9.17) is 11.6 Å². The molecule has 2 aromatic carbocycles. The summed E-state index contributed by atoms with van der Waals surface area (Å²) in [6.07, 6.45) is 6.48. The Kier molecular flexibility index (Phi) is 5.85. The van der Waals surface area contributed by atoms with Crippen molar-refractivity contribution in [1.29, 1.82) is 0 Å². The number of thioether (sulfide) groups is 1. The van der Waals surface area contributed by atoms with E-state index in [0.717, 1.165) is 27.2 Å². The molecule has 0 unspecified atom stereocenters. The standard InChI is InChI=1S/C19H22ClNOS/c20-16-10-4-8-15-9-5-11-17(19(15)16)23-13-18(22)21-12-14-6-2-1-3-7-14/h4-5,8-11,14H,1-3,6-7,12-13H2,(H,21,22). The zero-order valence-electron chi connectivity index (χ0n) is 13.2. The third-order valence-electron chi connectivity index (χ3n) is 4.49. The van der Waals surface area contributed by atoms with Crippen LogP contribution in [0.15, 0.2) is 41.3 Å². The van der Waals surface area contributed by atoms with Crippen LogP contribution in [0.4, 0.5) is 0 Å². The van der Waals surface area contributed by atoms with E-state index in [-0.39, 0.29) is 5.91 Å². The molecule has 0 aromatic heterocycles. The smallest absolute Gasteiger partial charge is 0.230 e. The number of benzene rings is 2. The highest BCUT2D eigenvalue weighted by Crippen LogP contribution is 2.33. The van der Waals surface area contributed by atoms with Crippen LogP contribution >= 0.6 is 23.4 Å². The van der Waals surface area contributed by atoms with Crippen molar-refractivity contribution in [2.75, 3.05) is 12.3 Å². The molecule has 0 radical (unpaired) electrons. The Morgan fingerprint density at radius 1 is 1.13 bits per heavy atom. The minimum absolute atomic E-state index is 0.115. The molecule has 1 aliphatic carbocycles. The van der Waals surface area contributed by atoms with E-state index in [1.54, 1.807) is 11.8 Å². The first-order valence-electron chi connectivity index (χ1n) is 8.31. The fourth-order valence-electron chi connectivity index (χ4n) is 3.23. The molecule has 4 heteroatoms. The molecule has 0 bridgehead atoms. The van der Waals surface area contributed by atoms with E-state index in [2.05, 4.69) is 17.4 Å². The Hall–Kier alpha value is -1.19. The second kappa shape index (κ2) is 8.07. The molecule has 1 N–H and O–H groups in total. The van der Waals surface area contributed by atoms with Crippen LogP contribution in [0.1, 0.15) is 32.1 Å². The fourth-order valence-corrected chi connectivity index (χ4v) is 4.50. The second-order valence-corrected chi connectivity index (χ2v) is 7.62. The summed E-state index contributed by atoms with van der Waals surface area (Å²) in [5.41, 5.74) is 0. The number of hydrogen-bond donors (Lipinski definition) is 1. The Labute approximate surface area is 147 Å². The molecule has 1 fully saturated rings. The molecule has 1 saturated carbocycles. The van der Waals surface area contributed by atoms with Gasteiger partial charge in [0.15, 0.2) is 0 Å². The van der Waals surface area contributed by atoms with E-state index in [1.807, 2.05) is 24.3 Å². The Morgan fingerprint density at radius 2 is 1.87 bits per heavy atom. The number of fused-ring (bicyclic) bond motifs is 1. The summed E-state index contributed by atoms with van der Waals surface area (Å²) in [7, 11) is 0. The minimum Gasteiger partial charge on any atom is -0.355 e. The van der Waals surface area contributed by atoms with Crippen molar-refractivity contribution < 1.29 is 4.79 Å². The molecule has 122 valence electrons. The first-order chi connectivity index (χ1) is 11.2. The lowest BCUT2D eigenvalue weighted by molar-refractivity contribution is -0.118. The van der Waals surface area contributed by atoms with Crippen LogP contribution in [0.3, 0.4) is 0 Å². The number of rotatable bonds is 5. The monoisotopic (exact) mass is 347 g/mol. The van der Waals surface area contributed by atoms with Gasteiger partial charge in [-0.05, 0) is 36.3 Å². The summed E-state index contributed by atoms with van der Waals surface area (Å²) in [6, 6.07) is 12.0. The number of halogens is 1. The molecule has 0 saturated heterocycles. The largest absolute Gasteiger partial charge is 0.355 e. The van der Waals surface area contributed by atoms with Gasteiger partial charge in [-0.25, -0.2) is 0 Å². The molecular formula is C19H22ClNOS. The number of amides is 1. The molecule has 0 heterocycles. The van der Waals surface area contributed by atoms with E-state index in [1.165, 1.54) is 32.1 Å². The molecule has 2 nitrogen and oxygen atoms in total. The lowest BCUT2D eigenvalue weighted by Gasteiger charge is -2.21. The molecule has 3 rings (SSSR count). The van der Waals surface area contributed by atoms with Gasteiger partial charge in [0.05, 0.1) is 5.75 Å². The van der Waals surface area contributed by atoms with Gasteiger partial charge in [0.25, 0.3) is 0 Å². The van der Waals surface area contributed by atoms with Crippen LogP contribution in [0.5, 0.6) is 0 Å². The SMILES string of the molecule is O=C(CSc1cccc2cccc(Cl)c12)NCC1CCCCC1. The number of carbonyl (C=O) groups excluding carboxylic acids is 1. The van der Waals surface area contributed by atoms with Gasteiger partial charge in [0.1, 0.15) is 0 Å². The Balaban J connectivity index is 1.56. The summed E-state index contributed by atoms with van der Waals surface area (Å²) in [5, 5.41) is 6.00. The average molecular weight is 348 g/mol. The molecule has 0 atom stereocenters. The van der Waals surface area contributed by atoms with E-state index >= 15 is 0 Å². The third kappa shape index (κ3) is 4.42. The molecule has 0 aliphatic heterocycles. The topological polar surface area (TPSA) is 29.1 Å². The second-order valence-electron chi connectivity index (χ2n) is 6.19. The highest BCUT2D eigenvalue weighted by atomic mass is 35.5. The summed E-state index contributed by atoms with van der Waals surface area (Å²) in [5.74, 6) is 1.23. The summed E-state index contributed by atoms with van der Waals surface area (Å²) in [6.45, 7) is 0.829. The third-order valence-corrected chi connectivity index (χ3v) is 5.86. The first kappa shape index (κ1) is 16.7. The van der Waals surface area contributed by atoms with Crippen molar-refractivity contribution in [1.82, 2.24) is 5.32 Å². The molecule has 1 aliphatic rings. The van der Waals surface area contributed by atoms with Crippen molar-refractivity contribution >= 4 is 40.0 Å². The van der Waals surface area contributed by atoms with Gasteiger partial charge in [-0.15, -0.1) is 11.8 Å². The van der Waals surface area contributed by atoms with Crippen LogP contribution in [-0.2, 0) is 4.79 Å². The van der Waals surface area contributed by atoms with Gasteiger partial charge in [-0.3, -0.25) is 4.79 Å². The first-order valence-corrected chi connectivity index (χ1v) is 9.67. The zero-order chi connectivity index (χ0) is 16.1. The summed E-state index contributed by atoms with van der Waals surface area (Å²) in [4.78, 5) is 13.2. The van der Waals surface area contributed by atoms with Crippen molar-refractivity contribution in [2.24, 2.45) is 5.92 Å². The van der Waals surface area contributed by atoms with E-state index in [9.17, 15) is 4.79 Å². The number of nitrogens with one attached hydrogen (secondary N) is 1. The zero-order valence-corrected chi connectivity index (χ0v) is 14.8. The van der Waals surface area contributed by atoms with E-state index < -0.39 is 0 Å². The lowest BCUT2D eigenvalue weighted by Crippen LogP contribution is -2.31. The predicted octanol–water partition coefficient (Wildman–Crippen LogP) is 5.28. The van der Waals surface area contributed by atoms with Gasteiger partial charge in [-0.2, -0.15) is 0 Å².